The van der Waals surface area contributed by atoms with Gasteiger partial charge < -0.3 is 0 Å². The number of thiophene rings is 1. The minimum Gasteiger partial charge on any atom is -0.297 e. The Morgan fingerprint density at radius 2 is 1.80 bits per heavy atom. The molecule has 0 fully saturated rings. The maximum Gasteiger partial charge on any atom is 0.267 e. The molecular weight excluding hydrogens is 430 g/mol. The summed E-state index contributed by atoms with van der Waals surface area (Å²) in [7, 11) is 0. The Kier molecular flexibility index (Phi) is 5.16. The summed E-state index contributed by atoms with van der Waals surface area (Å²) >= 11 is 4.52. The van der Waals surface area contributed by atoms with Crippen LogP contribution in [0.4, 0.5) is 5.13 Å². The molecule has 0 aliphatic heterocycles. The summed E-state index contributed by atoms with van der Waals surface area (Å²) < 4.78 is 1.15. The zero-order valence-electron chi connectivity index (χ0n) is 16.1. The number of nitrogens with zero attached hydrogens (tertiary/aromatic N) is 2. The largest absolute Gasteiger partial charge is 0.297 e. The number of amides is 1. The third-order valence-corrected chi connectivity index (χ3v) is 7.76. The van der Waals surface area contributed by atoms with Crippen LogP contribution in [0.2, 0.25) is 0 Å². The monoisotopic (exact) mass is 447 g/mol. The number of nitrogens with one attached hydrogen (secondary N) is 1. The van der Waals surface area contributed by atoms with Crippen LogP contribution in [0.1, 0.15) is 22.2 Å². The molecule has 0 atom stereocenters. The average Bonchev–Trinajstić information content (AvgIpc) is 3.52. The van der Waals surface area contributed by atoms with Crippen LogP contribution < -0.4 is 5.32 Å². The molecule has 1 N–H and O–H groups in total. The average molecular weight is 448 g/mol. The van der Waals surface area contributed by atoms with Gasteiger partial charge in [0.2, 0.25) is 0 Å². The van der Waals surface area contributed by atoms with E-state index >= 15 is 0 Å². The van der Waals surface area contributed by atoms with Crippen LogP contribution in [0.5, 0.6) is 0 Å². The molecule has 0 spiro atoms. The van der Waals surface area contributed by atoms with Gasteiger partial charge in [0, 0.05) is 10.9 Å². The van der Waals surface area contributed by atoms with Crippen LogP contribution in [0.15, 0.2) is 66.0 Å². The highest BCUT2D eigenvalue weighted by Crippen LogP contribution is 2.35. The van der Waals surface area contributed by atoms with E-state index < -0.39 is 0 Å². The lowest BCUT2D eigenvalue weighted by atomic mass is 10.1. The Labute approximate surface area is 185 Å². The highest BCUT2D eigenvalue weighted by Gasteiger charge is 2.15. The molecule has 2 aromatic carbocycles. The number of anilines is 1. The van der Waals surface area contributed by atoms with Gasteiger partial charge in [-0.1, -0.05) is 43.3 Å². The predicted molar refractivity (Wildman–Crippen MR) is 128 cm³/mol. The Morgan fingerprint density at radius 1 is 0.967 bits per heavy atom. The zero-order valence-corrected chi connectivity index (χ0v) is 18.5. The summed E-state index contributed by atoms with van der Waals surface area (Å²) in [5.74, 6) is -0.144. The van der Waals surface area contributed by atoms with Crippen molar-refractivity contribution in [1.82, 2.24) is 9.97 Å². The van der Waals surface area contributed by atoms with Crippen LogP contribution in [0, 0.1) is 0 Å². The Hall–Kier alpha value is -2.87. The van der Waals surface area contributed by atoms with E-state index in [1.807, 2.05) is 35.7 Å². The van der Waals surface area contributed by atoms with Crippen LogP contribution in [0.3, 0.4) is 0 Å². The summed E-state index contributed by atoms with van der Waals surface area (Å²) in [4.78, 5) is 23.6. The SMILES string of the molecule is CCc1ccc(-c2csc(NC(=O)c3ccc(-c4nc5ccccc5s4)s3)n2)cc1. The van der Waals surface area contributed by atoms with Crippen molar-refractivity contribution >= 4 is 55.3 Å². The number of aryl methyl sites for hydroxylation is 1. The molecule has 0 aliphatic rings. The van der Waals surface area contributed by atoms with Gasteiger partial charge >= 0.3 is 0 Å². The number of rotatable bonds is 5. The molecule has 4 nitrogen and oxygen atoms in total. The van der Waals surface area contributed by atoms with E-state index in [1.165, 1.54) is 28.2 Å². The fraction of sp³-hybridized carbons (Fsp3) is 0.0870. The van der Waals surface area contributed by atoms with Crippen molar-refractivity contribution in [3.63, 3.8) is 0 Å². The number of thiazole rings is 2. The van der Waals surface area contributed by atoms with E-state index in [0.29, 0.717) is 10.0 Å². The molecule has 0 unspecified atom stereocenters. The third-order valence-electron chi connectivity index (χ3n) is 4.72. The molecule has 7 heteroatoms. The number of carbonyl (C=O) groups excluding carboxylic acids is 1. The fourth-order valence-corrected chi connectivity index (χ4v) is 5.72. The predicted octanol–water partition coefficient (Wildman–Crippen LogP) is 6.96. The first-order valence-electron chi connectivity index (χ1n) is 9.51. The van der Waals surface area contributed by atoms with Crippen molar-refractivity contribution in [2.24, 2.45) is 0 Å². The topological polar surface area (TPSA) is 54.9 Å². The van der Waals surface area contributed by atoms with Crippen LogP contribution in [-0.4, -0.2) is 15.9 Å². The van der Waals surface area contributed by atoms with Gasteiger partial charge in [0.1, 0.15) is 5.01 Å². The lowest BCUT2D eigenvalue weighted by molar-refractivity contribution is 0.103. The van der Waals surface area contributed by atoms with Gasteiger partial charge in [0.25, 0.3) is 5.91 Å². The number of carbonyl (C=O) groups is 1. The number of hydrogen-bond donors (Lipinski definition) is 1. The lowest BCUT2D eigenvalue weighted by Crippen LogP contribution is -2.09. The van der Waals surface area contributed by atoms with E-state index in [9.17, 15) is 4.79 Å². The first-order valence-corrected chi connectivity index (χ1v) is 12.0. The number of fused-ring (bicyclic) bond motifs is 1. The van der Waals surface area contributed by atoms with Crippen LogP contribution >= 0.6 is 34.0 Å². The molecule has 0 saturated carbocycles. The summed E-state index contributed by atoms with van der Waals surface area (Å²) in [6.45, 7) is 2.14. The van der Waals surface area contributed by atoms with Crippen molar-refractivity contribution in [1.29, 1.82) is 0 Å². The quantitative estimate of drug-likeness (QED) is 0.317. The van der Waals surface area contributed by atoms with Crippen molar-refractivity contribution in [3.05, 3.63) is 76.5 Å². The minimum atomic E-state index is -0.144. The van der Waals surface area contributed by atoms with Gasteiger partial charge in [-0.3, -0.25) is 10.1 Å². The number of aromatic nitrogens is 2. The third kappa shape index (κ3) is 3.79. The number of benzene rings is 2. The molecule has 3 aromatic heterocycles. The van der Waals surface area contributed by atoms with Crippen molar-refractivity contribution in [2.45, 2.75) is 13.3 Å². The second kappa shape index (κ2) is 8.10. The van der Waals surface area contributed by atoms with Crippen molar-refractivity contribution < 1.29 is 4.79 Å². The summed E-state index contributed by atoms with van der Waals surface area (Å²) in [5, 5.41) is 6.43. The van der Waals surface area contributed by atoms with E-state index in [2.05, 4.69) is 52.5 Å². The molecule has 148 valence electrons. The van der Waals surface area contributed by atoms with Gasteiger partial charge in [-0.2, -0.15) is 0 Å². The van der Waals surface area contributed by atoms with Crippen molar-refractivity contribution in [3.8, 4) is 21.1 Å². The summed E-state index contributed by atoms with van der Waals surface area (Å²) in [6.07, 6.45) is 1.01. The maximum absolute atomic E-state index is 12.7. The molecule has 5 aromatic rings. The highest BCUT2D eigenvalue weighted by atomic mass is 32.1. The van der Waals surface area contributed by atoms with Crippen LogP contribution in [0.25, 0.3) is 31.4 Å². The lowest BCUT2D eigenvalue weighted by Gasteiger charge is -2.00. The van der Waals surface area contributed by atoms with Gasteiger partial charge in [-0.15, -0.1) is 34.0 Å². The molecule has 0 bridgehead atoms. The van der Waals surface area contributed by atoms with E-state index in [1.54, 1.807) is 11.3 Å². The Bertz CT molecular complexity index is 1300. The van der Waals surface area contributed by atoms with E-state index in [-0.39, 0.29) is 5.91 Å². The highest BCUT2D eigenvalue weighted by molar-refractivity contribution is 7.26. The molecule has 3 heterocycles. The maximum atomic E-state index is 12.7. The van der Waals surface area contributed by atoms with Gasteiger partial charge in [0.05, 0.1) is 25.7 Å². The molecule has 5 rings (SSSR count). The number of hydrogen-bond acceptors (Lipinski definition) is 6. The second-order valence-electron chi connectivity index (χ2n) is 6.69. The first-order chi connectivity index (χ1) is 14.7. The van der Waals surface area contributed by atoms with Gasteiger partial charge in [-0.25, -0.2) is 9.97 Å². The smallest absolute Gasteiger partial charge is 0.267 e. The van der Waals surface area contributed by atoms with E-state index in [4.69, 9.17) is 0 Å². The molecule has 30 heavy (non-hydrogen) atoms. The molecule has 0 saturated heterocycles. The molecule has 1 amide bonds. The fourth-order valence-electron chi connectivity index (χ4n) is 3.09. The van der Waals surface area contributed by atoms with Gasteiger partial charge in [0.15, 0.2) is 5.13 Å². The summed E-state index contributed by atoms with van der Waals surface area (Å²) in [6, 6.07) is 20.2. The summed E-state index contributed by atoms with van der Waals surface area (Å²) in [5.41, 5.74) is 4.21. The minimum absolute atomic E-state index is 0.144. The number of para-hydroxylation sites is 1. The standard InChI is InChI=1S/C23H17N3OS3/c1-2-14-7-9-15(10-8-14)17-13-28-23(25-17)26-21(27)19-11-12-20(29-19)22-24-16-5-3-4-6-18(16)30-22/h3-13H,2H2,1H3,(H,25,26,27). The van der Waals surface area contributed by atoms with Crippen molar-refractivity contribution in [2.75, 3.05) is 5.32 Å². The second-order valence-corrected chi connectivity index (χ2v) is 9.67. The Morgan fingerprint density at radius 3 is 2.60 bits per heavy atom. The van der Waals surface area contributed by atoms with Gasteiger partial charge in [-0.05, 0) is 36.2 Å². The zero-order chi connectivity index (χ0) is 20.5. The normalized spacial score (nSPS) is 11.1. The molecule has 0 aliphatic carbocycles. The van der Waals surface area contributed by atoms with E-state index in [0.717, 1.165) is 37.8 Å². The first kappa shape index (κ1) is 19.1. The molecule has 0 radical (unpaired) electrons. The van der Waals surface area contributed by atoms with Crippen LogP contribution in [-0.2, 0) is 6.42 Å². The molecular formula is C23H17N3OS3. The Balaban J connectivity index is 1.32.